The van der Waals surface area contributed by atoms with E-state index in [0.717, 1.165) is 12.1 Å². The van der Waals surface area contributed by atoms with Crippen molar-refractivity contribution in [1.82, 2.24) is 0 Å². The van der Waals surface area contributed by atoms with E-state index in [-0.39, 0.29) is 5.69 Å². The lowest BCUT2D eigenvalue weighted by atomic mass is 10.3. The summed E-state index contributed by atoms with van der Waals surface area (Å²) in [5.41, 5.74) is 5.38. The lowest BCUT2D eigenvalue weighted by Gasteiger charge is -2.02. The Morgan fingerprint density at radius 3 is 2.64 bits per heavy atom. The third kappa shape index (κ3) is 2.00. The summed E-state index contributed by atoms with van der Waals surface area (Å²) in [6.07, 6.45) is 0. The van der Waals surface area contributed by atoms with Crippen molar-refractivity contribution >= 4 is 15.5 Å². The highest BCUT2D eigenvalue weighted by atomic mass is 32.2. The fraction of sp³-hybridized carbons (Fsp3) is 0.125. The number of nitriles is 1. The summed E-state index contributed by atoms with van der Waals surface area (Å²) in [6, 6.07) is 4.69. The van der Waals surface area contributed by atoms with Crippen molar-refractivity contribution in [3.63, 3.8) is 0 Å². The highest BCUT2D eigenvalue weighted by molar-refractivity contribution is 7.91. The number of hydrogen-bond donors (Lipinski definition) is 1. The average Bonchev–Trinajstić information content (AvgIpc) is 2.02. The van der Waals surface area contributed by atoms with E-state index >= 15 is 0 Å². The van der Waals surface area contributed by atoms with Crippen LogP contribution in [0.4, 0.5) is 10.1 Å². The minimum absolute atomic E-state index is 0.137. The number of hydrogen-bond acceptors (Lipinski definition) is 4. The second-order valence-corrected chi connectivity index (χ2v) is 4.57. The van der Waals surface area contributed by atoms with Gasteiger partial charge in [0.05, 0.1) is 6.07 Å². The topological polar surface area (TPSA) is 84.0 Å². The number of nitrogen functional groups attached to an aromatic ring is 1. The molecule has 0 saturated heterocycles. The van der Waals surface area contributed by atoms with Crippen LogP contribution in [-0.2, 0) is 9.84 Å². The summed E-state index contributed by atoms with van der Waals surface area (Å²) in [5, 5.41) is 8.23. The predicted octanol–water partition coefficient (Wildman–Crippen LogP) is 0.705. The van der Waals surface area contributed by atoms with Crippen LogP contribution in [0.15, 0.2) is 23.1 Å². The summed E-state index contributed by atoms with van der Waals surface area (Å²) < 4.78 is 35.6. The third-order valence-corrected chi connectivity index (χ3v) is 3.06. The lowest BCUT2D eigenvalue weighted by Crippen LogP contribution is -2.07. The van der Waals surface area contributed by atoms with Crippen molar-refractivity contribution in [1.29, 1.82) is 5.26 Å². The normalized spacial score (nSPS) is 10.9. The van der Waals surface area contributed by atoms with Crippen LogP contribution in [0.2, 0.25) is 0 Å². The van der Waals surface area contributed by atoms with Gasteiger partial charge in [0.15, 0.2) is 9.84 Å². The molecule has 0 atom stereocenters. The van der Waals surface area contributed by atoms with Gasteiger partial charge in [0.25, 0.3) is 0 Å². The Balaban J connectivity index is 3.29. The first-order valence-electron chi connectivity index (χ1n) is 3.62. The number of nitrogens with two attached hydrogens (primary N) is 1. The Morgan fingerprint density at radius 1 is 1.50 bits per heavy atom. The minimum atomic E-state index is -3.85. The Labute approximate surface area is 80.7 Å². The van der Waals surface area contributed by atoms with E-state index in [4.69, 9.17) is 11.0 Å². The molecular weight excluding hydrogens is 207 g/mol. The molecule has 0 spiro atoms. The zero-order chi connectivity index (χ0) is 10.8. The fourth-order valence-corrected chi connectivity index (χ4v) is 1.89. The molecule has 1 aromatic carbocycles. The molecule has 1 aromatic rings. The molecule has 0 aliphatic heterocycles. The third-order valence-electron chi connectivity index (χ3n) is 1.55. The van der Waals surface area contributed by atoms with E-state index < -0.39 is 26.3 Å². The van der Waals surface area contributed by atoms with Gasteiger partial charge in [-0.25, -0.2) is 12.8 Å². The Morgan fingerprint density at radius 2 is 2.14 bits per heavy atom. The zero-order valence-electron chi connectivity index (χ0n) is 7.07. The molecule has 0 aliphatic rings. The number of nitrogens with zero attached hydrogens (tertiary/aromatic N) is 1. The standard InChI is InChI=1S/C8H7FN2O2S/c9-7-5-6(11)1-2-8(7)14(12,13)4-3-10/h1-2,5H,4,11H2. The summed E-state index contributed by atoms with van der Waals surface area (Å²) in [5.74, 6) is -1.67. The summed E-state index contributed by atoms with van der Waals surface area (Å²) >= 11 is 0. The van der Waals surface area contributed by atoms with E-state index in [2.05, 4.69) is 0 Å². The molecule has 14 heavy (non-hydrogen) atoms. The monoisotopic (exact) mass is 214 g/mol. The van der Waals surface area contributed by atoms with Crippen LogP contribution in [-0.4, -0.2) is 14.2 Å². The van der Waals surface area contributed by atoms with E-state index in [1.54, 1.807) is 0 Å². The van der Waals surface area contributed by atoms with Crippen LogP contribution < -0.4 is 5.73 Å². The first-order chi connectivity index (χ1) is 6.47. The van der Waals surface area contributed by atoms with Crippen LogP contribution in [0.5, 0.6) is 0 Å². The summed E-state index contributed by atoms with van der Waals surface area (Å²) in [4.78, 5) is -0.492. The minimum Gasteiger partial charge on any atom is -0.399 e. The maximum absolute atomic E-state index is 13.1. The van der Waals surface area contributed by atoms with Gasteiger partial charge in [-0.15, -0.1) is 0 Å². The molecular formula is C8H7FN2O2S. The van der Waals surface area contributed by atoms with E-state index in [0.29, 0.717) is 0 Å². The fourth-order valence-electron chi connectivity index (χ4n) is 0.932. The Bertz CT molecular complexity index is 491. The van der Waals surface area contributed by atoms with Crippen LogP contribution in [0.3, 0.4) is 0 Å². The van der Waals surface area contributed by atoms with E-state index in [9.17, 15) is 12.8 Å². The van der Waals surface area contributed by atoms with Crippen LogP contribution in [0, 0.1) is 17.1 Å². The first kappa shape index (κ1) is 10.5. The number of halogens is 1. The van der Waals surface area contributed by atoms with Gasteiger partial charge >= 0.3 is 0 Å². The van der Waals surface area contributed by atoms with Crippen molar-refractivity contribution in [2.45, 2.75) is 4.90 Å². The highest BCUT2D eigenvalue weighted by Gasteiger charge is 2.18. The average molecular weight is 214 g/mol. The first-order valence-corrected chi connectivity index (χ1v) is 5.27. The number of sulfone groups is 1. The van der Waals surface area contributed by atoms with Crippen molar-refractivity contribution in [3.05, 3.63) is 24.0 Å². The second-order valence-electron chi connectivity index (χ2n) is 2.61. The molecule has 0 heterocycles. The van der Waals surface area contributed by atoms with Crippen molar-refractivity contribution in [3.8, 4) is 6.07 Å². The van der Waals surface area contributed by atoms with Gasteiger partial charge in [0.1, 0.15) is 16.5 Å². The SMILES string of the molecule is N#CCS(=O)(=O)c1ccc(N)cc1F. The number of rotatable bonds is 2. The largest absolute Gasteiger partial charge is 0.399 e. The molecule has 0 unspecified atom stereocenters. The number of benzene rings is 1. The quantitative estimate of drug-likeness (QED) is 0.734. The van der Waals surface area contributed by atoms with Gasteiger partial charge in [-0.3, -0.25) is 0 Å². The molecule has 0 bridgehead atoms. The van der Waals surface area contributed by atoms with E-state index in [1.165, 1.54) is 12.1 Å². The van der Waals surface area contributed by atoms with Crippen LogP contribution in [0.1, 0.15) is 0 Å². The van der Waals surface area contributed by atoms with Crippen molar-refractivity contribution in [2.75, 3.05) is 11.5 Å². The Hall–Kier alpha value is -1.61. The molecule has 0 aromatic heterocycles. The van der Waals surface area contributed by atoms with Gasteiger partial charge in [0, 0.05) is 5.69 Å². The van der Waals surface area contributed by atoms with Gasteiger partial charge in [-0.05, 0) is 18.2 Å². The molecule has 0 radical (unpaired) electrons. The number of anilines is 1. The molecule has 74 valence electrons. The highest BCUT2D eigenvalue weighted by Crippen LogP contribution is 2.18. The smallest absolute Gasteiger partial charge is 0.194 e. The van der Waals surface area contributed by atoms with Crippen LogP contribution in [0.25, 0.3) is 0 Å². The van der Waals surface area contributed by atoms with Gasteiger partial charge in [0.2, 0.25) is 0 Å². The lowest BCUT2D eigenvalue weighted by molar-refractivity contribution is 0.569. The van der Waals surface area contributed by atoms with Gasteiger partial charge in [-0.2, -0.15) is 5.26 Å². The predicted molar refractivity (Wildman–Crippen MR) is 48.5 cm³/mol. The second kappa shape index (κ2) is 3.64. The van der Waals surface area contributed by atoms with Gasteiger partial charge in [-0.1, -0.05) is 0 Å². The molecule has 0 fully saturated rings. The summed E-state index contributed by atoms with van der Waals surface area (Å²) in [6.45, 7) is 0. The molecule has 1 rings (SSSR count). The molecule has 2 N–H and O–H groups in total. The molecule has 4 nitrogen and oxygen atoms in total. The molecule has 6 heteroatoms. The summed E-state index contributed by atoms with van der Waals surface area (Å²) in [7, 11) is -3.85. The Kier molecular flexibility index (Phi) is 2.72. The molecule has 0 amide bonds. The van der Waals surface area contributed by atoms with Crippen LogP contribution >= 0.6 is 0 Å². The molecule has 0 saturated carbocycles. The zero-order valence-corrected chi connectivity index (χ0v) is 7.88. The van der Waals surface area contributed by atoms with E-state index in [1.807, 2.05) is 0 Å². The maximum Gasteiger partial charge on any atom is 0.194 e. The molecule has 0 aliphatic carbocycles. The van der Waals surface area contributed by atoms with Gasteiger partial charge < -0.3 is 5.73 Å². The van der Waals surface area contributed by atoms with Crippen molar-refractivity contribution in [2.24, 2.45) is 0 Å². The van der Waals surface area contributed by atoms with Crippen molar-refractivity contribution < 1.29 is 12.8 Å². The maximum atomic E-state index is 13.1.